The van der Waals surface area contributed by atoms with Gasteiger partial charge < -0.3 is 9.47 Å². The second-order valence-electron chi connectivity index (χ2n) is 4.02. The molecule has 0 fully saturated rings. The Hall–Kier alpha value is -1.77. The van der Waals surface area contributed by atoms with Gasteiger partial charge in [0.05, 0.1) is 12.7 Å². The highest BCUT2D eigenvalue weighted by molar-refractivity contribution is 6.07. The highest BCUT2D eigenvalue weighted by atomic mass is 16.5. The van der Waals surface area contributed by atoms with E-state index < -0.39 is 5.60 Å². The Balaban J connectivity index is 2.42. The van der Waals surface area contributed by atoms with Crippen LogP contribution in [0, 0.1) is 0 Å². The first-order valence-corrected chi connectivity index (χ1v) is 5.13. The number of rotatable bonds is 3. The van der Waals surface area contributed by atoms with Gasteiger partial charge >= 0.3 is 0 Å². The number of ketones is 1. The molecule has 2 rings (SSSR count). The van der Waals surface area contributed by atoms with Crippen molar-refractivity contribution in [1.29, 1.82) is 0 Å². The van der Waals surface area contributed by atoms with E-state index in [0.29, 0.717) is 23.5 Å². The third-order valence-electron chi connectivity index (χ3n) is 2.78. The van der Waals surface area contributed by atoms with Crippen LogP contribution >= 0.6 is 0 Å². The van der Waals surface area contributed by atoms with Crippen molar-refractivity contribution in [1.82, 2.24) is 0 Å². The van der Waals surface area contributed by atoms with E-state index in [2.05, 4.69) is 6.58 Å². The summed E-state index contributed by atoms with van der Waals surface area (Å²) in [6, 6.07) is 5.26. The van der Waals surface area contributed by atoms with E-state index >= 15 is 0 Å². The predicted molar refractivity (Wildman–Crippen MR) is 61.2 cm³/mol. The van der Waals surface area contributed by atoms with Crippen LogP contribution in [0.1, 0.15) is 23.7 Å². The summed E-state index contributed by atoms with van der Waals surface area (Å²) in [7, 11) is 1.57. The van der Waals surface area contributed by atoms with Gasteiger partial charge in [0.2, 0.25) is 5.78 Å². The van der Waals surface area contributed by atoms with E-state index in [0.717, 1.165) is 0 Å². The number of hydrogen-bond donors (Lipinski definition) is 0. The fourth-order valence-corrected chi connectivity index (χ4v) is 1.89. The molecule has 1 aliphatic rings. The van der Waals surface area contributed by atoms with Crippen LogP contribution < -0.4 is 9.47 Å². The third kappa shape index (κ3) is 1.48. The molecule has 0 N–H and O–H groups in total. The van der Waals surface area contributed by atoms with Crippen LogP contribution in [0.4, 0.5) is 0 Å². The molecule has 84 valence electrons. The summed E-state index contributed by atoms with van der Waals surface area (Å²) in [5, 5.41) is 0. The molecule has 0 aromatic heterocycles. The Kier molecular flexibility index (Phi) is 2.46. The lowest BCUT2D eigenvalue weighted by molar-refractivity contribution is 0.0637. The highest BCUT2D eigenvalue weighted by Gasteiger charge is 2.42. The van der Waals surface area contributed by atoms with Crippen molar-refractivity contribution in [3.63, 3.8) is 0 Å². The molecule has 3 nitrogen and oxygen atoms in total. The molecule has 0 saturated carbocycles. The van der Waals surface area contributed by atoms with E-state index in [4.69, 9.17) is 9.47 Å². The van der Waals surface area contributed by atoms with Crippen molar-refractivity contribution in [3.05, 3.63) is 36.4 Å². The van der Waals surface area contributed by atoms with Crippen LogP contribution in [0.2, 0.25) is 0 Å². The molecular formula is C13H14O3. The molecule has 0 spiro atoms. The molecule has 1 aromatic rings. The van der Waals surface area contributed by atoms with Gasteiger partial charge in [0.1, 0.15) is 11.5 Å². The molecular weight excluding hydrogens is 204 g/mol. The maximum absolute atomic E-state index is 12.1. The number of carbonyl (C=O) groups excluding carboxylic acids is 1. The van der Waals surface area contributed by atoms with Gasteiger partial charge in [-0.1, -0.05) is 6.08 Å². The number of methoxy groups -OCH3 is 1. The summed E-state index contributed by atoms with van der Waals surface area (Å²) < 4.78 is 10.8. The number of Topliss-reactive ketones (excluding diaryl/α,β-unsaturated/α-hetero) is 1. The largest absolute Gasteiger partial charge is 0.497 e. The zero-order chi connectivity index (χ0) is 11.8. The molecule has 1 aromatic carbocycles. The van der Waals surface area contributed by atoms with E-state index in [9.17, 15) is 4.79 Å². The first-order valence-electron chi connectivity index (χ1n) is 5.13. The van der Waals surface area contributed by atoms with Gasteiger partial charge in [-0.2, -0.15) is 0 Å². The molecule has 1 aliphatic heterocycles. The number of ether oxygens (including phenoxy) is 2. The first-order chi connectivity index (χ1) is 7.60. The summed E-state index contributed by atoms with van der Waals surface area (Å²) in [6.07, 6.45) is 2.20. The molecule has 0 aliphatic carbocycles. The van der Waals surface area contributed by atoms with Crippen molar-refractivity contribution in [2.75, 3.05) is 7.11 Å². The molecule has 1 unspecified atom stereocenters. The molecule has 0 amide bonds. The third-order valence-corrected chi connectivity index (χ3v) is 2.78. The Morgan fingerprint density at radius 1 is 1.56 bits per heavy atom. The van der Waals surface area contributed by atoms with Crippen LogP contribution in [0.3, 0.4) is 0 Å². The predicted octanol–water partition coefficient (Wildman–Crippen LogP) is 2.61. The number of carbonyl (C=O) groups is 1. The molecule has 1 atom stereocenters. The van der Waals surface area contributed by atoms with Gasteiger partial charge in [0.15, 0.2) is 5.60 Å². The normalized spacial score (nSPS) is 22.5. The smallest absolute Gasteiger partial charge is 0.210 e. The van der Waals surface area contributed by atoms with E-state index in [1.165, 1.54) is 0 Å². The Bertz CT molecular complexity index is 450. The van der Waals surface area contributed by atoms with Gasteiger partial charge in [-0.05, 0) is 25.1 Å². The summed E-state index contributed by atoms with van der Waals surface area (Å²) >= 11 is 0. The number of benzene rings is 1. The molecule has 3 heteroatoms. The van der Waals surface area contributed by atoms with E-state index in [1.54, 1.807) is 38.3 Å². The SMILES string of the molecule is C=CCC1(C)Oc2ccc(OC)cc2C1=O. The topological polar surface area (TPSA) is 35.5 Å². The van der Waals surface area contributed by atoms with Gasteiger partial charge in [0.25, 0.3) is 0 Å². The lowest BCUT2D eigenvalue weighted by Crippen LogP contribution is -2.35. The Labute approximate surface area is 94.7 Å². The van der Waals surface area contributed by atoms with Crippen molar-refractivity contribution in [2.24, 2.45) is 0 Å². The van der Waals surface area contributed by atoms with Gasteiger partial charge in [-0.3, -0.25) is 4.79 Å². The monoisotopic (exact) mass is 218 g/mol. The zero-order valence-corrected chi connectivity index (χ0v) is 9.45. The average molecular weight is 218 g/mol. The summed E-state index contributed by atoms with van der Waals surface area (Å²) in [4.78, 5) is 12.1. The summed E-state index contributed by atoms with van der Waals surface area (Å²) in [6.45, 7) is 5.42. The van der Waals surface area contributed by atoms with Crippen molar-refractivity contribution >= 4 is 5.78 Å². The van der Waals surface area contributed by atoms with Gasteiger partial charge in [0, 0.05) is 6.42 Å². The second-order valence-corrected chi connectivity index (χ2v) is 4.02. The maximum Gasteiger partial charge on any atom is 0.210 e. The van der Waals surface area contributed by atoms with E-state index in [-0.39, 0.29) is 5.78 Å². The number of fused-ring (bicyclic) bond motifs is 1. The van der Waals surface area contributed by atoms with Crippen molar-refractivity contribution in [2.45, 2.75) is 18.9 Å². The van der Waals surface area contributed by atoms with Crippen LogP contribution in [0.15, 0.2) is 30.9 Å². The quantitative estimate of drug-likeness (QED) is 0.731. The standard InChI is InChI=1S/C13H14O3/c1-4-7-13(2)12(14)10-8-9(15-3)5-6-11(10)16-13/h4-6,8H,1,7H2,2-3H3. The first kappa shape index (κ1) is 10.7. The molecule has 0 saturated heterocycles. The Morgan fingerprint density at radius 2 is 2.31 bits per heavy atom. The highest BCUT2D eigenvalue weighted by Crippen LogP contribution is 2.38. The fourth-order valence-electron chi connectivity index (χ4n) is 1.89. The maximum atomic E-state index is 12.1. The van der Waals surface area contributed by atoms with Crippen LogP contribution in [0.25, 0.3) is 0 Å². The summed E-state index contributed by atoms with van der Waals surface area (Å²) in [5.74, 6) is 1.27. The minimum atomic E-state index is -0.809. The van der Waals surface area contributed by atoms with Crippen LogP contribution in [-0.4, -0.2) is 18.5 Å². The lowest BCUT2D eigenvalue weighted by Gasteiger charge is -2.19. The van der Waals surface area contributed by atoms with Crippen LogP contribution in [-0.2, 0) is 0 Å². The van der Waals surface area contributed by atoms with Gasteiger partial charge in [-0.15, -0.1) is 6.58 Å². The molecule has 1 heterocycles. The van der Waals surface area contributed by atoms with Gasteiger partial charge in [-0.25, -0.2) is 0 Å². The summed E-state index contributed by atoms with van der Waals surface area (Å²) in [5.41, 5.74) is -0.222. The Morgan fingerprint density at radius 3 is 2.94 bits per heavy atom. The van der Waals surface area contributed by atoms with Crippen molar-refractivity contribution < 1.29 is 14.3 Å². The van der Waals surface area contributed by atoms with Crippen molar-refractivity contribution in [3.8, 4) is 11.5 Å². The fraction of sp³-hybridized carbons (Fsp3) is 0.308. The second kappa shape index (κ2) is 3.67. The van der Waals surface area contributed by atoms with Crippen LogP contribution in [0.5, 0.6) is 11.5 Å². The average Bonchev–Trinajstić information content (AvgIpc) is 2.52. The zero-order valence-electron chi connectivity index (χ0n) is 9.45. The lowest BCUT2D eigenvalue weighted by atomic mass is 9.94. The minimum absolute atomic E-state index is 0.0127. The molecule has 16 heavy (non-hydrogen) atoms. The number of hydrogen-bond acceptors (Lipinski definition) is 3. The van der Waals surface area contributed by atoms with E-state index in [1.807, 2.05) is 0 Å². The molecule has 0 radical (unpaired) electrons. The minimum Gasteiger partial charge on any atom is -0.497 e. The molecule has 0 bridgehead atoms.